The van der Waals surface area contributed by atoms with Crippen LogP contribution in [-0.4, -0.2) is 39.3 Å². The number of hydrogen-bond acceptors (Lipinski definition) is 4. The van der Waals surface area contributed by atoms with Crippen LogP contribution in [0.3, 0.4) is 0 Å². The third-order valence-electron chi connectivity index (χ3n) is 2.58. The first-order valence-corrected chi connectivity index (χ1v) is 7.64. The van der Waals surface area contributed by atoms with Gasteiger partial charge in [0.15, 0.2) is 0 Å². The molecule has 1 atom stereocenters. The standard InChI is InChI=1S/C12H16ClNO5S/c1-8-3-4-11(9(13)7-8)20(17,18)14-10(12(15)16)5-6-19-2/h3-4,7,10,14H,5-6H2,1-2H3,(H,15,16). The largest absolute Gasteiger partial charge is 0.480 e. The molecule has 112 valence electrons. The number of aryl methyl sites for hydroxylation is 1. The van der Waals surface area contributed by atoms with E-state index in [-0.39, 0.29) is 22.9 Å². The molecule has 0 saturated heterocycles. The molecule has 0 aromatic heterocycles. The van der Waals surface area contributed by atoms with E-state index in [2.05, 4.69) is 4.72 Å². The van der Waals surface area contributed by atoms with Gasteiger partial charge in [0.25, 0.3) is 0 Å². The van der Waals surface area contributed by atoms with E-state index >= 15 is 0 Å². The Kier molecular flexibility index (Phi) is 5.94. The zero-order chi connectivity index (χ0) is 15.3. The van der Waals surface area contributed by atoms with Gasteiger partial charge in [0.1, 0.15) is 10.9 Å². The van der Waals surface area contributed by atoms with Gasteiger partial charge in [-0.15, -0.1) is 0 Å². The first-order valence-electron chi connectivity index (χ1n) is 5.78. The highest BCUT2D eigenvalue weighted by molar-refractivity contribution is 7.89. The number of sulfonamides is 1. The smallest absolute Gasteiger partial charge is 0.321 e. The van der Waals surface area contributed by atoms with Crippen LogP contribution in [0.25, 0.3) is 0 Å². The second kappa shape index (κ2) is 7.03. The molecule has 0 heterocycles. The maximum Gasteiger partial charge on any atom is 0.321 e. The van der Waals surface area contributed by atoms with Crippen LogP contribution in [0.15, 0.2) is 23.1 Å². The predicted molar refractivity (Wildman–Crippen MR) is 74.4 cm³/mol. The number of ether oxygens (including phenoxy) is 1. The summed E-state index contributed by atoms with van der Waals surface area (Å²) in [5, 5.41) is 9.06. The van der Waals surface area contributed by atoms with Crippen LogP contribution >= 0.6 is 11.6 Å². The lowest BCUT2D eigenvalue weighted by Gasteiger charge is -2.15. The highest BCUT2D eigenvalue weighted by atomic mass is 35.5. The molecule has 1 rings (SSSR count). The van der Waals surface area contributed by atoms with Crippen molar-refractivity contribution in [2.45, 2.75) is 24.3 Å². The average Bonchev–Trinajstić information content (AvgIpc) is 2.33. The molecule has 20 heavy (non-hydrogen) atoms. The Morgan fingerprint density at radius 2 is 2.15 bits per heavy atom. The SMILES string of the molecule is COCCC(NS(=O)(=O)c1ccc(C)cc1Cl)C(=O)O. The number of carboxylic acids is 1. The minimum absolute atomic E-state index is 0.0224. The summed E-state index contributed by atoms with van der Waals surface area (Å²) in [6.45, 7) is 1.90. The lowest BCUT2D eigenvalue weighted by molar-refractivity contribution is -0.139. The molecule has 2 N–H and O–H groups in total. The van der Waals surface area contributed by atoms with Crippen molar-refractivity contribution in [3.8, 4) is 0 Å². The van der Waals surface area contributed by atoms with Crippen molar-refractivity contribution in [2.24, 2.45) is 0 Å². The molecule has 0 aliphatic heterocycles. The van der Waals surface area contributed by atoms with Crippen LogP contribution in [0.5, 0.6) is 0 Å². The number of carbonyl (C=O) groups is 1. The van der Waals surface area contributed by atoms with Gasteiger partial charge < -0.3 is 9.84 Å². The number of aliphatic carboxylic acids is 1. The topological polar surface area (TPSA) is 92.7 Å². The summed E-state index contributed by atoms with van der Waals surface area (Å²) in [5.74, 6) is -1.27. The maximum atomic E-state index is 12.1. The fraction of sp³-hybridized carbons (Fsp3) is 0.417. The molecule has 0 fully saturated rings. The van der Waals surface area contributed by atoms with Crippen molar-refractivity contribution in [1.29, 1.82) is 0 Å². The molecule has 0 radical (unpaired) electrons. The van der Waals surface area contributed by atoms with Crippen LogP contribution < -0.4 is 4.72 Å². The van der Waals surface area contributed by atoms with Crippen molar-refractivity contribution in [2.75, 3.05) is 13.7 Å². The van der Waals surface area contributed by atoms with E-state index in [9.17, 15) is 13.2 Å². The summed E-state index contributed by atoms with van der Waals surface area (Å²) in [4.78, 5) is 10.9. The first kappa shape index (κ1) is 16.9. The van der Waals surface area contributed by atoms with Gasteiger partial charge in [-0.1, -0.05) is 17.7 Å². The normalized spacial score (nSPS) is 13.2. The Morgan fingerprint density at radius 1 is 1.50 bits per heavy atom. The Hall–Kier alpha value is -1.15. The summed E-state index contributed by atoms with van der Waals surface area (Å²) < 4.78 is 31.2. The lowest BCUT2D eigenvalue weighted by atomic mass is 10.2. The van der Waals surface area contributed by atoms with E-state index in [1.165, 1.54) is 19.2 Å². The van der Waals surface area contributed by atoms with Gasteiger partial charge in [-0.25, -0.2) is 8.42 Å². The van der Waals surface area contributed by atoms with Gasteiger partial charge >= 0.3 is 5.97 Å². The Balaban J connectivity index is 3.00. The number of nitrogens with one attached hydrogen (secondary N) is 1. The second-order valence-corrected chi connectivity index (χ2v) is 6.32. The molecule has 0 aliphatic carbocycles. The molecule has 6 nitrogen and oxygen atoms in total. The van der Waals surface area contributed by atoms with Crippen LogP contribution in [0.1, 0.15) is 12.0 Å². The summed E-state index contributed by atoms with van der Waals surface area (Å²) >= 11 is 5.89. The Morgan fingerprint density at radius 3 is 2.65 bits per heavy atom. The molecular formula is C12H16ClNO5S. The average molecular weight is 322 g/mol. The summed E-state index contributed by atoms with van der Waals surface area (Å²) in [7, 11) is -2.59. The summed E-state index contributed by atoms with van der Waals surface area (Å²) in [5.41, 5.74) is 0.808. The van der Waals surface area contributed by atoms with Crippen LogP contribution in [-0.2, 0) is 19.6 Å². The van der Waals surface area contributed by atoms with Gasteiger partial charge in [0.05, 0.1) is 5.02 Å². The zero-order valence-electron chi connectivity index (χ0n) is 11.1. The Bertz CT molecular complexity index is 588. The van der Waals surface area contributed by atoms with E-state index in [0.29, 0.717) is 0 Å². The Labute approximate surface area is 122 Å². The van der Waals surface area contributed by atoms with Crippen LogP contribution in [0, 0.1) is 6.92 Å². The number of rotatable bonds is 7. The first-order chi connectivity index (χ1) is 9.27. The molecule has 1 unspecified atom stereocenters. The van der Waals surface area contributed by atoms with Crippen molar-refractivity contribution in [1.82, 2.24) is 4.72 Å². The quantitative estimate of drug-likeness (QED) is 0.792. The van der Waals surface area contributed by atoms with Gasteiger partial charge in [-0.3, -0.25) is 4.79 Å². The van der Waals surface area contributed by atoms with Gasteiger partial charge in [-0.2, -0.15) is 4.72 Å². The highest BCUT2D eigenvalue weighted by Crippen LogP contribution is 2.22. The van der Waals surface area contributed by atoms with E-state index in [0.717, 1.165) is 5.56 Å². The summed E-state index contributed by atoms with van der Waals surface area (Å²) in [6.07, 6.45) is 0.0224. The number of hydrogen-bond donors (Lipinski definition) is 2. The molecule has 8 heteroatoms. The van der Waals surface area contributed by atoms with E-state index in [1.807, 2.05) is 0 Å². The third-order valence-corrected chi connectivity index (χ3v) is 4.54. The number of halogens is 1. The van der Waals surface area contributed by atoms with Crippen molar-refractivity contribution in [3.63, 3.8) is 0 Å². The summed E-state index contributed by atoms with van der Waals surface area (Å²) in [6, 6.07) is 3.17. The van der Waals surface area contributed by atoms with Crippen LogP contribution in [0.2, 0.25) is 5.02 Å². The van der Waals surface area contributed by atoms with Crippen molar-refractivity contribution in [3.05, 3.63) is 28.8 Å². The van der Waals surface area contributed by atoms with E-state index < -0.39 is 22.0 Å². The third kappa shape index (κ3) is 4.45. The monoisotopic (exact) mass is 321 g/mol. The van der Waals surface area contributed by atoms with E-state index in [1.54, 1.807) is 13.0 Å². The van der Waals surface area contributed by atoms with Crippen molar-refractivity contribution < 1.29 is 23.1 Å². The highest BCUT2D eigenvalue weighted by Gasteiger charge is 2.26. The van der Waals surface area contributed by atoms with Crippen molar-refractivity contribution >= 4 is 27.6 Å². The second-order valence-electron chi connectivity index (χ2n) is 4.23. The molecule has 0 saturated carbocycles. The number of methoxy groups -OCH3 is 1. The molecule has 0 spiro atoms. The minimum Gasteiger partial charge on any atom is -0.480 e. The van der Waals surface area contributed by atoms with Gasteiger partial charge in [0, 0.05) is 13.7 Å². The molecule has 0 aliphatic rings. The van der Waals surface area contributed by atoms with Crippen LogP contribution in [0.4, 0.5) is 0 Å². The van der Waals surface area contributed by atoms with Gasteiger partial charge in [0.2, 0.25) is 10.0 Å². The molecule has 0 bridgehead atoms. The maximum absolute atomic E-state index is 12.1. The molecular weight excluding hydrogens is 306 g/mol. The molecule has 0 amide bonds. The lowest BCUT2D eigenvalue weighted by Crippen LogP contribution is -2.41. The molecule has 1 aromatic carbocycles. The minimum atomic E-state index is -4.00. The fourth-order valence-electron chi connectivity index (χ4n) is 1.54. The fourth-order valence-corrected chi connectivity index (χ4v) is 3.37. The number of benzene rings is 1. The predicted octanol–water partition coefficient (Wildman–Crippen LogP) is 1.42. The zero-order valence-corrected chi connectivity index (χ0v) is 12.7. The molecule has 1 aromatic rings. The van der Waals surface area contributed by atoms with E-state index in [4.69, 9.17) is 21.4 Å². The van der Waals surface area contributed by atoms with Gasteiger partial charge in [-0.05, 0) is 31.0 Å². The number of carboxylic acid groups (broad SMARTS) is 1.